The number of carbonyl (C=O) groups excluding carboxylic acids is 2. The highest BCUT2D eigenvalue weighted by Crippen LogP contribution is 2.08. The van der Waals surface area contributed by atoms with E-state index in [4.69, 9.17) is 4.74 Å². The molecule has 0 aliphatic carbocycles. The van der Waals surface area contributed by atoms with Gasteiger partial charge in [0.15, 0.2) is 0 Å². The van der Waals surface area contributed by atoms with Crippen molar-refractivity contribution in [1.82, 2.24) is 15.5 Å². The van der Waals surface area contributed by atoms with Gasteiger partial charge < -0.3 is 20.3 Å². The topological polar surface area (TPSA) is 70.7 Å². The average Bonchev–Trinajstić information content (AvgIpc) is 2.90. The smallest absolute Gasteiger partial charge is 0.315 e. The Balaban J connectivity index is 1.66. The molecule has 1 atom stereocenters. The number of hydrogen-bond acceptors (Lipinski definition) is 3. The molecule has 1 aliphatic rings. The second-order valence-electron chi connectivity index (χ2n) is 4.68. The van der Waals surface area contributed by atoms with Crippen LogP contribution in [0.25, 0.3) is 0 Å². The van der Waals surface area contributed by atoms with Crippen LogP contribution in [0.1, 0.15) is 6.42 Å². The van der Waals surface area contributed by atoms with Crippen LogP contribution >= 0.6 is 0 Å². The van der Waals surface area contributed by atoms with E-state index in [0.717, 1.165) is 12.2 Å². The average molecular weight is 277 g/mol. The highest BCUT2D eigenvalue weighted by atomic mass is 16.5. The molecule has 6 nitrogen and oxygen atoms in total. The Morgan fingerprint density at radius 3 is 2.80 bits per heavy atom. The summed E-state index contributed by atoms with van der Waals surface area (Å²) in [6, 6.07) is 8.82. The summed E-state index contributed by atoms with van der Waals surface area (Å²) >= 11 is 0. The number of likely N-dealkylation sites (N-methyl/N-ethyl adjacent to an activating group) is 1. The molecule has 1 aromatic carbocycles. The molecule has 108 valence electrons. The predicted octanol–water partition coefficient (Wildman–Crippen LogP) is 0.595. The van der Waals surface area contributed by atoms with Crippen molar-refractivity contribution in [3.05, 3.63) is 30.3 Å². The molecule has 0 saturated carbocycles. The van der Waals surface area contributed by atoms with Gasteiger partial charge in [-0.15, -0.1) is 0 Å². The number of nitrogens with one attached hydrogen (secondary N) is 2. The van der Waals surface area contributed by atoms with Crippen molar-refractivity contribution in [2.45, 2.75) is 12.5 Å². The van der Waals surface area contributed by atoms with Gasteiger partial charge >= 0.3 is 6.03 Å². The van der Waals surface area contributed by atoms with Gasteiger partial charge in [0.25, 0.3) is 0 Å². The van der Waals surface area contributed by atoms with Gasteiger partial charge in [-0.25, -0.2) is 4.79 Å². The lowest BCUT2D eigenvalue weighted by atomic mass is 10.2. The highest BCUT2D eigenvalue weighted by Gasteiger charge is 2.28. The molecule has 0 radical (unpaired) electrons. The lowest BCUT2D eigenvalue weighted by Crippen LogP contribution is -2.44. The second-order valence-corrected chi connectivity index (χ2v) is 4.68. The fraction of sp³-hybridized carbons (Fsp3) is 0.429. The van der Waals surface area contributed by atoms with Crippen LogP contribution in [-0.2, 0) is 4.79 Å². The van der Waals surface area contributed by atoms with Gasteiger partial charge in [0, 0.05) is 20.1 Å². The third-order valence-corrected chi connectivity index (χ3v) is 3.10. The zero-order valence-electron chi connectivity index (χ0n) is 11.5. The van der Waals surface area contributed by atoms with Crippen LogP contribution in [0, 0.1) is 0 Å². The summed E-state index contributed by atoms with van der Waals surface area (Å²) in [6.45, 7) is 1.50. The number of benzene rings is 1. The predicted molar refractivity (Wildman–Crippen MR) is 74.5 cm³/mol. The van der Waals surface area contributed by atoms with E-state index in [9.17, 15) is 9.59 Å². The Morgan fingerprint density at radius 2 is 2.15 bits per heavy atom. The molecule has 6 heteroatoms. The highest BCUT2D eigenvalue weighted by molar-refractivity contribution is 5.90. The maximum Gasteiger partial charge on any atom is 0.315 e. The summed E-state index contributed by atoms with van der Waals surface area (Å²) in [5.74, 6) is 0.747. The van der Waals surface area contributed by atoms with E-state index in [1.165, 1.54) is 0 Å². The molecule has 1 unspecified atom stereocenters. The van der Waals surface area contributed by atoms with Crippen LogP contribution < -0.4 is 15.4 Å². The van der Waals surface area contributed by atoms with Crippen LogP contribution in [0.4, 0.5) is 4.79 Å². The van der Waals surface area contributed by atoms with E-state index >= 15 is 0 Å². The maximum atomic E-state index is 12.0. The number of amides is 3. The fourth-order valence-electron chi connectivity index (χ4n) is 1.99. The minimum absolute atomic E-state index is 0.0805. The van der Waals surface area contributed by atoms with E-state index < -0.39 is 6.04 Å². The van der Waals surface area contributed by atoms with Gasteiger partial charge in [0.05, 0.1) is 6.61 Å². The van der Waals surface area contributed by atoms with Crippen molar-refractivity contribution in [3.8, 4) is 5.75 Å². The quantitative estimate of drug-likeness (QED) is 0.748. The van der Waals surface area contributed by atoms with Crippen molar-refractivity contribution in [3.63, 3.8) is 0 Å². The lowest BCUT2D eigenvalue weighted by molar-refractivity contribution is -0.131. The van der Waals surface area contributed by atoms with Gasteiger partial charge in [-0.05, 0) is 18.6 Å². The van der Waals surface area contributed by atoms with Crippen molar-refractivity contribution >= 4 is 11.9 Å². The summed E-state index contributed by atoms with van der Waals surface area (Å²) in [7, 11) is 1.73. The first-order chi connectivity index (χ1) is 9.66. The first-order valence-corrected chi connectivity index (χ1v) is 6.64. The molecule has 0 spiro atoms. The van der Waals surface area contributed by atoms with Gasteiger partial charge in [0.1, 0.15) is 11.8 Å². The molecule has 1 saturated heterocycles. The fourth-order valence-corrected chi connectivity index (χ4v) is 1.99. The van der Waals surface area contributed by atoms with Crippen LogP contribution in [0.3, 0.4) is 0 Å². The minimum Gasteiger partial charge on any atom is -0.494 e. The zero-order valence-corrected chi connectivity index (χ0v) is 11.5. The molecule has 1 aliphatic heterocycles. The number of carbonyl (C=O) groups is 2. The molecule has 2 rings (SSSR count). The van der Waals surface area contributed by atoms with Crippen LogP contribution in [-0.4, -0.2) is 49.6 Å². The largest absolute Gasteiger partial charge is 0.494 e. The Labute approximate surface area is 118 Å². The first-order valence-electron chi connectivity index (χ1n) is 6.64. The van der Waals surface area contributed by atoms with Gasteiger partial charge in [-0.1, -0.05) is 18.2 Å². The summed E-state index contributed by atoms with van der Waals surface area (Å²) in [5, 5.41) is 5.15. The molecular weight excluding hydrogens is 258 g/mol. The number of hydrogen-bond donors (Lipinski definition) is 2. The number of rotatable bonds is 6. The van der Waals surface area contributed by atoms with Crippen molar-refractivity contribution in [2.75, 3.05) is 26.7 Å². The van der Waals surface area contributed by atoms with Crippen LogP contribution in [0.2, 0.25) is 0 Å². The monoisotopic (exact) mass is 277 g/mol. The normalized spacial score (nSPS) is 17.2. The van der Waals surface area contributed by atoms with E-state index in [0.29, 0.717) is 19.7 Å². The van der Waals surface area contributed by atoms with Gasteiger partial charge in [0.2, 0.25) is 5.91 Å². The second kappa shape index (κ2) is 6.79. The molecule has 1 fully saturated rings. The van der Waals surface area contributed by atoms with Gasteiger partial charge in [-0.2, -0.15) is 0 Å². The van der Waals surface area contributed by atoms with Crippen molar-refractivity contribution in [2.24, 2.45) is 0 Å². The summed E-state index contributed by atoms with van der Waals surface area (Å²) < 4.78 is 5.56. The first kappa shape index (κ1) is 14.2. The summed E-state index contributed by atoms with van der Waals surface area (Å²) in [6.07, 6.45) is 0.741. The molecule has 0 aromatic heterocycles. The standard InChI is InChI=1S/C14H19N3O3/c1-17(13(18)12-10-15-14(19)16-12)8-5-9-20-11-6-3-2-4-7-11/h2-4,6-7,12H,5,8-10H2,1H3,(H2,15,16,19). The third-order valence-electron chi connectivity index (χ3n) is 3.10. The van der Waals surface area contributed by atoms with Crippen LogP contribution in [0.5, 0.6) is 5.75 Å². The van der Waals surface area contributed by atoms with E-state index in [1.807, 2.05) is 30.3 Å². The van der Waals surface area contributed by atoms with E-state index in [-0.39, 0.29) is 11.9 Å². The molecule has 1 heterocycles. The molecule has 1 aromatic rings. The number of ether oxygens (including phenoxy) is 1. The SMILES string of the molecule is CN(CCCOc1ccccc1)C(=O)C1CNC(=O)N1. The Morgan fingerprint density at radius 1 is 1.40 bits per heavy atom. The minimum atomic E-state index is -0.456. The van der Waals surface area contributed by atoms with E-state index in [2.05, 4.69) is 10.6 Å². The van der Waals surface area contributed by atoms with Crippen molar-refractivity contribution < 1.29 is 14.3 Å². The molecule has 20 heavy (non-hydrogen) atoms. The van der Waals surface area contributed by atoms with E-state index in [1.54, 1.807) is 11.9 Å². The number of urea groups is 1. The van der Waals surface area contributed by atoms with Gasteiger partial charge in [-0.3, -0.25) is 4.79 Å². The summed E-state index contributed by atoms with van der Waals surface area (Å²) in [4.78, 5) is 24.6. The Kier molecular flexibility index (Phi) is 4.81. The molecule has 3 amide bonds. The number of para-hydroxylation sites is 1. The third kappa shape index (κ3) is 3.88. The molecular formula is C14H19N3O3. The maximum absolute atomic E-state index is 12.0. The van der Waals surface area contributed by atoms with Crippen LogP contribution in [0.15, 0.2) is 30.3 Å². The molecule has 0 bridgehead atoms. The van der Waals surface area contributed by atoms with Crippen molar-refractivity contribution in [1.29, 1.82) is 0 Å². The lowest BCUT2D eigenvalue weighted by Gasteiger charge is -2.20. The Bertz CT molecular complexity index is 464. The summed E-state index contributed by atoms with van der Waals surface area (Å²) in [5.41, 5.74) is 0. The zero-order chi connectivity index (χ0) is 14.4. The molecule has 2 N–H and O–H groups in total. The number of nitrogens with zero attached hydrogens (tertiary/aromatic N) is 1. The Hall–Kier alpha value is -2.24.